The highest BCUT2D eigenvalue weighted by atomic mass is 16.3. The van der Waals surface area contributed by atoms with E-state index in [0.717, 1.165) is 0 Å². The van der Waals surface area contributed by atoms with Crippen LogP contribution in [0.3, 0.4) is 0 Å². The zero-order valence-electron chi connectivity index (χ0n) is 11.5. The monoisotopic (exact) mass is 261 g/mol. The number of aliphatic hydroxyl groups is 1. The average molecular weight is 261 g/mol. The van der Waals surface area contributed by atoms with Crippen LogP contribution >= 0.6 is 0 Å². The molecule has 0 bridgehead atoms. The first-order valence-electron chi connectivity index (χ1n) is 6.26. The molecule has 0 aliphatic heterocycles. The molecule has 0 unspecified atom stereocenters. The molecule has 1 N–H and O–H groups in total. The van der Waals surface area contributed by atoms with Crippen molar-refractivity contribution in [3.8, 4) is 0 Å². The van der Waals surface area contributed by atoms with E-state index >= 15 is 0 Å². The van der Waals surface area contributed by atoms with E-state index in [1.54, 1.807) is 17.0 Å². The molecule has 1 aromatic rings. The Balaban J connectivity index is 2.95. The number of allylic oxidation sites excluding steroid dienone is 1. The topological polar surface area (TPSA) is 65.3 Å². The highest BCUT2D eigenvalue weighted by Gasteiger charge is 2.18. The van der Waals surface area contributed by atoms with Crippen molar-refractivity contribution in [1.29, 1.82) is 0 Å². The van der Waals surface area contributed by atoms with Crippen LogP contribution in [0.4, 0.5) is 5.69 Å². The summed E-state index contributed by atoms with van der Waals surface area (Å²) in [4.78, 5) is 13.7. The van der Waals surface area contributed by atoms with Gasteiger partial charge in [-0.2, -0.15) is 5.11 Å². The molecular weight excluding hydrogens is 242 g/mol. The first-order valence-corrected chi connectivity index (χ1v) is 6.26. The molecule has 0 atom stereocenters. The first kappa shape index (κ1) is 14.9. The Bertz CT molecular complexity index is 473. The molecule has 0 saturated carbocycles. The molecule has 5 nitrogen and oxygen atoms in total. The molecule has 0 fully saturated rings. The molecule has 1 aromatic carbocycles. The molecule has 0 saturated heterocycles. The quantitative estimate of drug-likeness (QED) is 0.501. The lowest BCUT2D eigenvalue weighted by atomic mass is 10.3. The minimum atomic E-state index is -0.315. The Morgan fingerprint density at radius 3 is 2.26 bits per heavy atom. The molecule has 5 heteroatoms. The summed E-state index contributed by atoms with van der Waals surface area (Å²) in [6.07, 6.45) is 0. The van der Waals surface area contributed by atoms with E-state index < -0.39 is 0 Å². The second-order valence-corrected chi connectivity index (χ2v) is 3.95. The van der Waals surface area contributed by atoms with Crippen LogP contribution < -0.4 is 0 Å². The van der Waals surface area contributed by atoms with E-state index in [9.17, 15) is 9.90 Å². The maximum atomic E-state index is 12.1. The molecular formula is C14H19N3O2. The molecule has 1 amide bonds. The lowest BCUT2D eigenvalue weighted by molar-refractivity contribution is -0.127. The Morgan fingerprint density at radius 2 is 1.79 bits per heavy atom. The minimum Gasteiger partial charge on any atom is -0.510 e. The van der Waals surface area contributed by atoms with Gasteiger partial charge in [0.15, 0.2) is 5.70 Å². The van der Waals surface area contributed by atoms with Gasteiger partial charge in [-0.25, -0.2) is 0 Å². The molecule has 0 heterocycles. The van der Waals surface area contributed by atoms with Gasteiger partial charge in [-0.1, -0.05) is 18.2 Å². The van der Waals surface area contributed by atoms with Crippen molar-refractivity contribution in [2.24, 2.45) is 10.2 Å². The van der Waals surface area contributed by atoms with Gasteiger partial charge in [-0.05, 0) is 32.9 Å². The van der Waals surface area contributed by atoms with E-state index in [1.807, 2.05) is 32.0 Å². The second-order valence-electron chi connectivity index (χ2n) is 3.95. The third kappa shape index (κ3) is 4.21. The number of nitrogens with zero attached hydrogens (tertiary/aromatic N) is 3. The second kappa shape index (κ2) is 7.31. The molecule has 0 aliphatic carbocycles. The molecule has 0 spiro atoms. The Labute approximate surface area is 113 Å². The van der Waals surface area contributed by atoms with E-state index in [2.05, 4.69) is 10.2 Å². The van der Waals surface area contributed by atoms with Gasteiger partial charge in [0.2, 0.25) is 0 Å². The van der Waals surface area contributed by atoms with Gasteiger partial charge < -0.3 is 10.0 Å². The zero-order chi connectivity index (χ0) is 14.3. The third-order valence-electron chi connectivity index (χ3n) is 2.62. The number of azo groups is 1. The van der Waals surface area contributed by atoms with Crippen LogP contribution in [-0.4, -0.2) is 29.0 Å². The maximum absolute atomic E-state index is 12.1. The van der Waals surface area contributed by atoms with Crippen molar-refractivity contribution in [2.75, 3.05) is 13.1 Å². The predicted molar refractivity (Wildman–Crippen MR) is 74.2 cm³/mol. The Morgan fingerprint density at radius 1 is 1.21 bits per heavy atom. The fourth-order valence-electron chi connectivity index (χ4n) is 1.53. The maximum Gasteiger partial charge on any atom is 0.277 e. The fraction of sp³-hybridized carbons (Fsp3) is 0.357. The summed E-state index contributed by atoms with van der Waals surface area (Å²) in [5.74, 6) is -0.443. The number of likely N-dealkylation sites (N-methyl/N-ethyl adjacent to an activating group) is 1. The van der Waals surface area contributed by atoms with Crippen LogP contribution in [0, 0.1) is 0 Å². The van der Waals surface area contributed by atoms with E-state index in [-0.39, 0.29) is 17.4 Å². The standard InChI is InChI=1S/C14H19N3O2/c1-4-17(5-2)14(19)13(11(3)18)16-15-12-9-7-6-8-10-12/h6-10,18H,4-5H2,1-3H3/b13-11+,16-15?. The van der Waals surface area contributed by atoms with Crippen LogP contribution in [0.2, 0.25) is 0 Å². The van der Waals surface area contributed by atoms with Crippen molar-refractivity contribution < 1.29 is 9.90 Å². The van der Waals surface area contributed by atoms with Gasteiger partial charge in [0, 0.05) is 13.1 Å². The largest absolute Gasteiger partial charge is 0.510 e. The van der Waals surface area contributed by atoms with Crippen LogP contribution in [0.5, 0.6) is 0 Å². The lowest BCUT2D eigenvalue weighted by Crippen LogP contribution is -2.31. The van der Waals surface area contributed by atoms with Crippen LogP contribution in [0.15, 0.2) is 52.0 Å². The summed E-state index contributed by atoms with van der Waals surface area (Å²) >= 11 is 0. The minimum absolute atomic E-state index is 0.0208. The Hall–Kier alpha value is -2.17. The highest BCUT2D eigenvalue weighted by molar-refractivity contribution is 5.93. The lowest BCUT2D eigenvalue weighted by Gasteiger charge is -2.18. The number of aliphatic hydroxyl groups excluding tert-OH is 1. The van der Waals surface area contributed by atoms with Gasteiger partial charge >= 0.3 is 0 Å². The van der Waals surface area contributed by atoms with Gasteiger partial charge in [-0.3, -0.25) is 4.79 Å². The van der Waals surface area contributed by atoms with Gasteiger partial charge in [-0.15, -0.1) is 5.11 Å². The summed E-state index contributed by atoms with van der Waals surface area (Å²) in [6, 6.07) is 9.07. The highest BCUT2D eigenvalue weighted by Crippen LogP contribution is 2.15. The molecule has 0 aliphatic rings. The normalized spacial score (nSPS) is 12.4. The zero-order valence-corrected chi connectivity index (χ0v) is 11.5. The van der Waals surface area contributed by atoms with Crippen LogP contribution in [-0.2, 0) is 4.79 Å². The average Bonchev–Trinajstić information content (AvgIpc) is 2.41. The number of carbonyl (C=O) groups is 1. The Kier molecular flexibility index (Phi) is 5.73. The summed E-state index contributed by atoms with van der Waals surface area (Å²) in [7, 11) is 0. The third-order valence-corrected chi connectivity index (χ3v) is 2.62. The van der Waals surface area contributed by atoms with Crippen molar-refractivity contribution in [3.63, 3.8) is 0 Å². The van der Waals surface area contributed by atoms with Gasteiger partial charge in [0.1, 0.15) is 5.76 Å². The van der Waals surface area contributed by atoms with Crippen LogP contribution in [0.25, 0.3) is 0 Å². The van der Waals surface area contributed by atoms with E-state index in [0.29, 0.717) is 18.8 Å². The SMILES string of the molecule is CCN(CC)C(=O)/C(N=Nc1ccccc1)=C(/C)O. The first-order chi connectivity index (χ1) is 9.10. The molecule has 1 rings (SSSR count). The van der Waals surface area contributed by atoms with Crippen LogP contribution in [0.1, 0.15) is 20.8 Å². The van der Waals surface area contributed by atoms with Gasteiger partial charge in [0.05, 0.1) is 5.69 Å². The molecule has 102 valence electrons. The molecule has 0 radical (unpaired) electrons. The van der Waals surface area contributed by atoms with Crippen molar-refractivity contribution >= 4 is 11.6 Å². The summed E-state index contributed by atoms with van der Waals surface area (Å²) in [6.45, 7) is 6.31. The number of benzene rings is 1. The van der Waals surface area contributed by atoms with Crippen molar-refractivity contribution in [3.05, 3.63) is 41.8 Å². The van der Waals surface area contributed by atoms with Gasteiger partial charge in [0.25, 0.3) is 5.91 Å². The number of hydrogen-bond donors (Lipinski definition) is 1. The van der Waals surface area contributed by atoms with Crippen molar-refractivity contribution in [1.82, 2.24) is 4.90 Å². The summed E-state index contributed by atoms with van der Waals surface area (Å²) in [5.41, 5.74) is 0.612. The molecule has 0 aromatic heterocycles. The van der Waals surface area contributed by atoms with E-state index in [1.165, 1.54) is 6.92 Å². The van der Waals surface area contributed by atoms with E-state index in [4.69, 9.17) is 0 Å². The number of hydrogen-bond acceptors (Lipinski definition) is 4. The fourth-order valence-corrected chi connectivity index (χ4v) is 1.53. The predicted octanol–water partition coefficient (Wildman–Crippen LogP) is 3.43. The summed E-state index contributed by atoms with van der Waals surface area (Å²) in [5, 5.41) is 17.4. The number of rotatable bonds is 5. The smallest absolute Gasteiger partial charge is 0.277 e. The molecule has 19 heavy (non-hydrogen) atoms. The van der Waals surface area contributed by atoms with Crippen molar-refractivity contribution in [2.45, 2.75) is 20.8 Å². The number of amides is 1. The summed E-state index contributed by atoms with van der Waals surface area (Å²) < 4.78 is 0. The number of carbonyl (C=O) groups excluding carboxylic acids is 1.